The Kier molecular flexibility index (Phi) is 3.24. The minimum atomic E-state index is 0.836. The summed E-state index contributed by atoms with van der Waals surface area (Å²) in [6, 6.07) is 8.29. The summed E-state index contributed by atoms with van der Waals surface area (Å²) in [6.45, 7) is 3.50. The lowest BCUT2D eigenvalue weighted by atomic mass is 10.2. The molecule has 1 aromatic heterocycles. The fraction of sp³-hybridized carbons (Fsp3) is 0.467. The van der Waals surface area contributed by atoms with Crippen LogP contribution in [0.5, 0.6) is 0 Å². The van der Waals surface area contributed by atoms with E-state index in [2.05, 4.69) is 22.0 Å². The van der Waals surface area contributed by atoms with Crippen LogP contribution in [0, 0.1) is 0 Å². The van der Waals surface area contributed by atoms with Crippen molar-refractivity contribution in [3.8, 4) is 0 Å². The number of anilines is 1. The quantitative estimate of drug-likeness (QED) is 0.796. The van der Waals surface area contributed by atoms with Crippen LogP contribution in [0.1, 0.15) is 31.4 Å². The lowest BCUT2D eigenvalue weighted by molar-refractivity contribution is 0.274. The smallest absolute Gasteiger partial charge is 0.0457 e. The van der Waals surface area contributed by atoms with E-state index < -0.39 is 0 Å². The van der Waals surface area contributed by atoms with Crippen LogP contribution in [-0.2, 0) is 6.54 Å². The largest absolute Gasteiger partial charge is 0.399 e. The van der Waals surface area contributed by atoms with Gasteiger partial charge in [0.2, 0.25) is 0 Å². The Morgan fingerprint density at radius 3 is 2.61 bits per heavy atom. The molecule has 3 rings (SSSR count). The summed E-state index contributed by atoms with van der Waals surface area (Å²) in [5.41, 5.74) is 9.14. The minimum absolute atomic E-state index is 0.836. The van der Waals surface area contributed by atoms with Crippen molar-refractivity contribution in [1.29, 1.82) is 0 Å². The Balaban J connectivity index is 1.77. The van der Waals surface area contributed by atoms with Gasteiger partial charge in [-0.05, 0) is 50.2 Å². The van der Waals surface area contributed by atoms with E-state index in [-0.39, 0.29) is 0 Å². The fourth-order valence-electron chi connectivity index (χ4n) is 2.83. The van der Waals surface area contributed by atoms with Crippen molar-refractivity contribution in [2.75, 3.05) is 18.8 Å². The van der Waals surface area contributed by atoms with Gasteiger partial charge in [0.1, 0.15) is 0 Å². The number of rotatable bonds is 2. The summed E-state index contributed by atoms with van der Waals surface area (Å²) in [6.07, 6.45) is 5.46. The lowest BCUT2D eigenvalue weighted by Crippen LogP contribution is -2.24. The maximum absolute atomic E-state index is 5.81. The minimum Gasteiger partial charge on any atom is -0.399 e. The molecule has 0 saturated carbocycles. The molecule has 0 atom stereocenters. The first-order valence-corrected chi connectivity index (χ1v) is 6.91. The number of likely N-dealkylation sites (tertiary alicyclic amines) is 1. The summed E-state index contributed by atoms with van der Waals surface area (Å²) in [4.78, 5) is 6.05. The number of H-pyrrole nitrogens is 1. The van der Waals surface area contributed by atoms with Crippen LogP contribution in [0.25, 0.3) is 10.9 Å². The van der Waals surface area contributed by atoms with E-state index in [1.54, 1.807) is 0 Å². The van der Waals surface area contributed by atoms with Crippen molar-refractivity contribution in [2.24, 2.45) is 0 Å². The maximum Gasteiger partial charge on any atom is 0.0457 e. The Labute approximate surface area is 108 Å². The van der Waals surface area contributed by atoms with Gasteiger partial charge in [-0.3, -0.25) is 4.90 Å². The number of fused-ring (bicyclic) bond motifs is 1. The molecular formula is C15H21N3. The highest BCUT2D eigenvalue weighted by molar-refractivity contribution is 5.83. The van der Waals surface area contributed by atoms with Crippen molar-refractivity contribution in [1.82, 2.24) is 9.88 Å². The van der Waals surface area contributed by atoms with Crippen LogP contribution < -0.4 is 5.73 Å². The van der Waals surface area contributed by atoms with Gasteiger partial charge >= 0.3 is 0 Å². The number of hydrogen-bond donors (Lipinski definition) is 2. The Bertz CT molecular complexity index is 522. The molecule has 2 heterocycles. The standard InChI is InChI=1S/C15H21N3/c16-13-5-6-15-12(9-13)10-14(17-15)11-18-7-3-1-2-4-8-18/h5-6,9-10,17H,1-4,7-8,11,16H2. The molecule has 0 radical (unpaired) electrons. The van der Waals surface area contributed by atoms with E-state index in [0.29, 0.717) is 0 Å². The molecule has 96 valence electrons. The van der Waals surface area contributed by atoms with Gasteiger partial charge < -0.3 is 10.7 Å². The highest BCUT2D eigenvalue weighted by atomic mass is 15.1. The number of aromatic amines is 1. The molecule has 3 nitrogen and oxygen atoms in total. The van der Waals surface area contributed by atoms with E-state index in [9.17, 15) is 0 Å². The number of nitrogens with zero attached hydrogens (tertiary/aromatic N) is 1. The second-order valence-corrected chi connectivity index (χ2v) is 5.33. The van der Waals surface area contributed by atoms with Crippen molar-refractivity contribution in [2.45, 2.75) is 32.2 Å². The molecule has 3 heteroatoms. The third-order valence-electron chi connectivity index (χ3n) is 3.79. The van der Waals surface area contributed by atoms with E-state index >= 15 is 0 Å². The van der Waals surface area contributed by atoms with Gasteiger partial charge in [-0.2, -0.15) is 0 Å². The third-order valence-corrected chi connectivity index (χ3v) is 3.79. The molecule has 1 fully saturated rings. The number of benzene rings is 1. The Morgan fingerprint density at radius 2 is 1.83 bits per heavy atom. The maximum atomic E-state index is 5.81. The molecule has 1 aromatic carbocycles. The molecule has 0 bridgehead atoms. The van der Waals surface area contributed by atoms with Crippen LogP contribution in [0.3, 0.4) is 0 Å². The number of aromatic nitrogens is 1. The van der Waals surface area contributed by atoms with Gasteiger partial charge in [0.05, 0.1) is 0 Å². The SMILES string of the molecule is Nc1ccc2[nH]c(CN3CCCCCC3)cc2c1. The Morgan fingerprint density at radius 1 is 1.06 bits per heavy atom. The molecule has 0 spiro atoms. The highest BCUT2D eigenvalue weighted by Gasteiger charge is 2.10. The van der Waals surface area contributed by atoms with Crippen LogP contribution in [0.2, 0.25) is 0 Å². The van der Waals surface area contributed by atoms with Crippen LogP contribution >= 0.6 is 0 Å². The van der Waals surface area contributed by atoms with Crippen LogP contribution in [0.15, 0.2) is 24.3 Å². The predicted molar refractivity (Wildman–Crippen MR) is 76.5 cm³/mol. The summed E-state index contributed by atoms with van der Waals surface area (Å²) in [7, 11) is 0. The second-order valence-electron chi connectivity index (χ2n) is 5.33. The lowest BCUT2D eigenvalue weighted by Gasteiger charge is -2.18. The molecule has 1 aliphatic rings. The topological polar surface area (TPSA) is 45.1 Å². The van der Waals surface area contributed by atoms with Gasteiger partial charge in [-0.15, -0.1) is 0 Å². The number of nitrogens with one attached hydrogen (secondary N) is 1. The van der Waals surface area contributed by atoms with Gasteiger partial charge in [0, 0.05) is 28.8 Å². The van der Waals surface area contributed by atoms with Crippen molar-refractivity contribution >= 4 is 16.6 Å². The molecule has 1 saturated heterocycles. The zero-order chi connectivity index (χ0) is 12.4. The average molecular weight is 243 g/mol. The summed E-state index contributed by atoms with van der Waals surface area (Å²) < 4.78 is 0. The first kappa shape index (κ1) is 11.6. The van der Waals surface area contributed by atoms with Gasteiger partial charge in [0.25, 0.3) is 0 Å². The van der Waals surface area contributed by atoms with E-state index in [1.165, 1.54) is 55.4 Å². The molecule has 3 N–H and O–H groups in total. The first-order chi connectivity index (χ1) is 8.81. The third kappa shape index (κ3) is 2.51. The molecule has 0 amide bonds. The van der Waals surface area contributed by atoms with Crippen molar-refractivity contribution < 1.29 is 0 Å². The summed E-state index contributed by atoms with van der Waals surface area (Å²) in [5, 5.41) is 1.22. The molecular weight excluding hydrogens is 222 g/mol. The van der Waals surface area contributed by atoms with Gasteiger partial charge in [-0.25, -0.2) is 0 Å². The monoisotopic (exact) mass is 243 g/mol. The van der Waals surface area contributed by atoms with E-state index in [1.807, 2.05) is 12.1 Å². The molecule has 18 heavy (non-hydrogen) atoms. The first-order valence-electron chi connectivity index (χ1n) is 6.91. The van der Waals surface area contributed by atoms with Crippen molar-refractivity contribution in [3.05, 3.63) is 30.0 Å². The van der Waals surface area contributed by atoms with Gasteiger partial charge in [-0.1, -0.05) is 12.8 Å². The Hall–Kier alpha value is -1.48. The zero-order valence-corrected chi connectivity index (χ0v) is 10.8. The van der Waals surface area contributed by atoms with E-state index in [0.717, 1.165) is 12.2 Å². The molecule has 1 aliphatic heterocycles. The normalized spacial score (nSPS) is 18.0. The van der Waals surface area contributed by atoms with Gasteiger partial charge in [0.15, 0.2) is 0 Å². The van der Waals surface area contributed by atoms with Crippen molar-refractivity contribution in [3.63, 3.8) is 0 Å². The number of hydrogen-bond acceptors (Lipinski definition) is 2. The van der Waals surface area contributed by atoms with Crippen LogP contribution in [0.4, 0.5) is 5.69 Å². The predicted octanol–water partition coefficient (Wildman–Crippen LogP) is 3.13. The highest BCUT2D eigenvalue weighted by Crippen LogP contribution is 2.20. The zero-order valence-electron chi connectivity index (χ0n) is 10.8. The number of nitrogens with two attached hydrogens (primary N) is 1. The summed E-state index contributed by atoms with van der Waals surface area (Å²) in [5.74, 6) is 0. The average Bonchev–Trinajstić information content (AvgIpc) is 2.57. The fourth-order valence-corrected chi connectivity index (χ4v) is 2.83. The molecule has 0 unspecified atom stereocenters. The van der Waals surface area contributed by atoms with Crippen LogP contribution in [-0.4, -0.2) is 23.0 Å². The second kappa shape index (κ2) is 5.02. The summed E-state index contributed by atoms with van der Waals surface area (Å²) >= 11 is 0. The van der Waals surface area contributed by atoms with E-state index in [4.69, 9.17) is 5.73 Å². The molecule has 0 aliphatic carbocycles. The molecule has 2 aromatic rings. The number of nitrogen functional groups attached to an aromatic ring is 1.